The normalized spacial score (nSPS) is 15.3. The number of phosphoric ester groups is 1. The number of hydrogen-bond acceptors (Lipinski definition) is 11. The highest BCUT2D eigenvalue weighted by Crippen LogP contribution is 2.43. The third kappa shape index (κ3) is 39.2. The van der Waals surface area contributed by atoms with Crippen molar-refractivity contribution in [2.45, 2.75) is 192 Å². The van der Waals surface area contributed by atoms with Gasteiger partial charge in [-0.05, 0) is 64.2 Å². The monoisotopic (exact) mass is 870 g/mol. The van der Waals surface area contributed by atoms with Gasteiger partial charge >= 0.3 is 25.7 Å². The third-order valence-electron chi connectivity index (χ3n) is 9.43. The highest BCUT2D eigenvalue weighted by atomic mass is 31.2. The van der Waals surface area contributed by atoms with Crippen molar-refractivity contribution in [3.05, 3.63) is 60.8 Å². The van der Waals surface area contributed by atoms with E-state index in [1.54, 1.807) is 36.5 Å². The molecule has 0 radical (unpaired) electrons. The van der Waals surface area contributed by atoms with Crippen molar-refractivity contribution in [1.29, 1.82) is 0 Å². The molecule has 14 heteroatoms. The minimum Gasteiger partial charge on any atom is -0.480 e. The number of nitrogens with two attached hydrogens (primary N) is 1. The van der Waals surface area contributed by atoms with Crippen LogP contribution in [0.4, 0.5) is 0 Å². The first-order chi connectivity index (χ1) is 28.9. The lowest BCUT2D eigenvalue weighted by molar-refractivity contribution is -0.161. The van der Waals surface area contributed by atoms with E-state index in [9.17, 15) is 34.1 Å². The van der Waals surface area contributed by atoms with Gasteiger partial charge in [0.25, 0.3) is 0 Å². The molecule has 346 valence electrons. The number of carbonyl (C=O) groups is 3. The predicted molar refractivity (Wildman–Crippen MR) is 238 cm³/mol. The van der Waals surface area contributed by atoms with Gasteiger partial charge in [0.2, 0.25) is 0 Å². The average Bonchev–Trinajstić information content (AvgIpc) is 3.21. The first kappa shape index (κ1) is 57.1. The van der Waals surface area contributed by atoms with Gasteiger partial charge in [-0.15, -0.1) is 0 Å². The lowest BCUT2D eigenvalue weighted by Gasteiger charge is -2.20. The molecule has 0 aliphatic heterocycles. The van der Waals surface area contributed by atoms with Crippen molar-refractivity contribution in [2.24, 2.45) is 5.73 Å². The first-order valence-corrected chi connectivity index (χ1v) is 24.0. The molecule has 1 unspecified atom stereocenters. The Morgan fingerprint density at radius 1 is 0.600 bits per heavy atom. The Hall–Kier alpha value is -2.90. The molecule has 0 saturated heterocycles. The van der Waals surface area contributed by atoms with Crippen LogP contribution in [0.5, 0.6) is 0 Å². The highest BCUT2D eigenvalue weighted by molar-refractivity contribution is 7.47. The van der Waals surface area contributed by atoms with Gasteiger partial charge in [0.05, 0.1) is 25.4 Å². The summed E-state index contributed by atoms with van der Waals surface area (Å²) in [5.74, 6) is -2.66. The van der Waals surface area contributed by atoms with Crippen LogP contribution in [0.15, 0.2) is 60.8 Å². The van der Waals surface area contributed by atoms with E-state index in [0.717, 1.165) is 44.9 Å². The number of carboxylic acids is 1. The van der Waals surface area contributed by atoms with Crippen molar-refractivity contribution < 1.29 is 57.7 Å². The van der Waals surface area contributed by atoms with Crippen LogP contribution in [0.3, 0.4) is 0 Å². The van der Waals surface area contributed by atoms with Crippen molar-refractivity contribution >= 4 is 25.7 Å². The number of carboxylic acid groups (broad SMARTS) is 1. The van der Waals surface area contributed by atoms with Gasteiger partial charge < -0.3 is 35.4 Å². The van der Waals surface area contributed by atoms with E-state index in [4.69, 9.17) is 24.8 Å². The van der Waals surface area contributed by atoms with Gasteiger partial charge in [0.1, 0.15) is 12.6 Å². The molecule has 5 atom stereocenters. The van der Waals surface area contributed by atoms with Crippen LogP contribution in [-0.2, 0) is 37.5 Å². The largest absolute Gasteiger partial charge is 0.480 e. The summed E-state index contributed by atoms with van der Waals surface area (Å²) in [7, 11) is -4.79. The number of carbonyl (C=O) groups excluding carboxylic acids is 2. The van der Waals surface area contributed by atoms with Crippen LogP contribution in [0.1, 0.15) is 168 Å². The van der Waals surface area contributed by atoms with Crippen LogP contribution in [-0.4, -0.2) is 82.3 Å². The number of ether oxygens (including phenoxy) is 2. The zero-order chi connectivity index (χ0) is 44.5. The maximum Gasteiger partial charge on any atom is 0.472 e. The van der Waals surface area contributed by atoms with Crippen LogP contribution in [0, 0.1) is 0 Å². The molecule has 13 nitrogen and oxygen atoms in total. The Balaban J connectivity index is 4.61. The molecule has 0 aliphatic rings. The van der Waals surface area contributed by atoms with E-state index in [1.807, 2.05) is 6.08 Å². The topological polar surface area (TPSA) is 212 Å². The molecule has 0 aromatic carbocycles. The molecule has 0 amide bonds. The Labute approximate surface area is 361 Å². The number of aliphatic hydroxyl groups excluding tert-OH is 2. The van der Waals surface area contributed by atoms with Crippen molar-refractivity contribution in [3.8, 4) is 0 Å². The second kappa shape index (κ2) is 40.2. The Morgan fingerprint density at radius 3 is 1.68 bits per heavy atom. The highest BCUT2D eigenvalue weighted by Gasteiger charge is 2.28. The summed E-state index contributed by atoms with van der Waals surface area (Å²) in [6.07, 6.45) is 39.1. The van der Waals surface area contributed by atoms with E-state index < -0.39 is 69.9 Å². The summed E-state index contributed by atoms with van der Waals surface area (Å²) in [6.45, 7) is 2.48. The summed E-state index contributed by atoms with van der Waals surface area (Å²) in [5, 5.41) is 29.2. The molecule has 0 aromatic heterocycles. The van der Waals surface area contributed by atoms with Gasteiger partial charge in [0, 0.05) is 12.8 Å². The SMILES string of the molecule is CCCCC/C=C\C[C@H](O)/C=C/C=C/C=C\[C@H](O)CCCC(=O)O[C@H](COC(=O)CCCCCCCCC/C=C\CCCCCCCC)COP(=O)(O)OC[C@H](N)C(=O)O. The zero-order valence-electron chi connectivity index (χ0n) is 36.8. The molecule has 60 heavy (non-hydrogen) atoms. The summed E-state index contributed by atoms with van der Waals surface area (Å²) < 4.78 is 32.5. The summed E-state index contributed by atoms with van der Waals surface area (Å²) >= 11 is 0. The maximum absolute atomic E-state index is 12.6. The lowest BCUT2D eigenvalue weighted by atomic mass is 10.1. The van der Waals surface area contributed by atoms with Crippen LogP contribution in [0.2, 0.25) is 0 Å². The fraction of sp³-hybridized carbons (Fsp3) is 0.717. The van der Waals surface area contributed by atoms with E-state index in [1.165, 1.54) is 70.6 Å². The smallest absolute Gasteiger partial charge is 0.472 e. The Morgan fingerprint density at radius 2 is 1.08 bits per heavy atom. The van der Waals surface area contributed by atoms with Crippen molar-refractivity contribution in [3.63, 3.8) is 0 Å². The number of rotatable bonds is 41. The van der Waals surface area contributed by atoms with Crippen LogP contribution < -0.4 is 5.73 Å². The molecule has 0 bridgehead atoms. The fourth-order valence-corrected chi connectivity index (χ4v) is 6.56. The minimum atomic E-state index is -4.79. The number of hydrogen-bond donors (Lipinski definition) is 5. The van der Waals surface area contributed by atoms with E-state index in [0.29, 0.717) is 12.8 Å². The van der Waals surface area contributed by atoms with Crippen LogP contribution in [0.25, 0.3) is 0 Å². The number of aliphatic carboxylic acids is 1. The molecule has 0 aromatic rings. The number of phosphoric acid groups is 1. The molecule has 6 N–H and O–H groups in total. The van der Waals surface area contributed by atoms with Gasteiger partial charge in [-0.1, -0.05) is 152 Å². The molecular weight excluding hydrogens is 789 g/mol. The van der Waals surface area contributed by atoms with E-state index in [-0.39, 0.29) is 25.7 Å². The Bertz CT molecular complexity index is 1280. The van der Waals surface area contributed by atoms with Gasteiger partial charge in [-0.2, -0.15) is 0 Å². The van der Waals surface area contributed by atoms with E-state index in [2.05, 4.69) is 36.6 Å². The van der Waals surface area contributed by atoms with Crippen LogP contribution >= 0.6 is 7.82 Å². The molecule has 0 spiro atoms. The zero-order valence-corrected chi connectivity index (χ0v) is 37.6. The lowest BCUT2D eigenvalue weighted by Crippen LogP contribution is -2.34. The van der Waals surface area contributed by atoms with Gasteiger partial charge in [-0.3, -0.25) is 23.4 Å². The molecule has 0 fully saturated rings. The average molecular weight is 870 g/mol. The molecule has 0 heterocycles. The summed E-state index contributed by atoms with van der Waals surface area (Å²) in [5.41, 5.74) is 5.32. The molecule has 0 saturated carbocycles. The predicted octanol–water partition coefficient (Wildman–Crippen LogP) is 9.89. The molecule has 0 aliphatic carbocycles. The molecule has 0 rings (SSSR count). The van der Waals surface area contributed by atoms with E-state index >= 15 is 0 Å². The van der Waals surface area contributed by atoms with Crippen molar-refractivity contribution in [1.82, 2.24) is 0 Å². The quantitative estimate of drug-likeness (QED) is 0.0127. The second-order valence-corrected chi connectivity index (χ2v) is 16.7. The van der Waals surface area contributed by atoms with Gasteiger partial charge in [0.15, 0.2) is 6.10 Å². The Kier molecular flexibility index (Phi) is 38.2. The number of esters is 2. The summed E-state index contributed by atoms with van der Waals surface area (Å²) in [4.78, 5) is 46.0. The fourth-order valence-electron chi connectivity index (χ4n) is 5.78. The number of allylic oxidation sites excluding steroid dienone is 7. The number of aliphatic hydroxyl groups is 2. The second-order valence-electron chi connectivity index (χ2n) is 15.2. The third-order valence-corrected chi connectivity index (χ3v) is 10.4. The standard InChI is InChI=1S/C46H80NO12P/c1-3-5-7-9-11-12-13-14-15-16-17-18-19-20-21-23-29-35-44(50)56-37-42(38-57-60(54,55)58-39-43(47)46(52)53)59-45(51)36-30-34-41(49)33-28-25-24-27-32-40(48)31-26-22-10-8-6-4-2/h14-15,22,24-28,32-33,40-43,48-49H,3-13,16-21,23,29-31,34-39,47H2,1-2H3,(H,52,53)(H,54,55)/b15-14-,25-24+,26-22-,32-27+,33-28-/t40-,41-,42+,43-/m0/s1. The van der Waals surface area contributed by atoms with Crippen molar-refractivity contribution in [2.75, 3.05) is 19.8 Å². The molecular formula is C46H80NO12P. The van der Waals surface area contributed by atoms with Gasteiger partial charge in [-0.25, -0.2) is 4.57 Å². The number of unbranched alkanes of at least 4 members (excludes halogenated alkanes) is 16. The minimum absolute atomic E-state index is 0.102. The maximum atomic E-state index is 12.6. The summed E-state index contributed by atoms with van der Waals surface area (Å²) in [6, 6.07) is -1.56. The first-order valence-electron chi connectivity index (χ1n) is 22.5.